The minimum absolute atomic E-state index is 0.509. The van der Waals surface area contributed by atoms with Crippen LogP contribution in [0.3, 0.4) is 0 Å². The normalized spacial score (nSPS) is 21.8. The summed E-state index contributed by atoms with van der Waals surface area (Å²) in [5, 5.41) is 3.45. The van der Waals surface area contributed by atoms with E-state index in [0.717, 1.165) is 30.3 Å². The Morgan fingerprint density at radius 2 is 2.00 bits per heavy atom. The van der Waals surface area contributed by atoms with Crippen LogP contribution in [-0.4, -0.2) is 32.3 Å². The van der Waals surface area contributed by atoms with Crippen LogP contribution >= 0.6 is 0 Å². The Morgan fingerprint density at radius 3 is 2.71 bits per heavy atom. The van der Waals surface area contributed by atoms with Crippen LogP contribution in [0.1, 0.15) is 13.8 Å². The summed E-state index contributed by atoms with van der Waals surface area (Å²) in [7, 11) is 0. The lowest BCUT2D eigenvalue weighted by molar-refractivity contribution is 0.171. The van der Waals surface area contributed by atoms with Crippen LogP contribution in [0, 0.1) is 0 Å². The molecule has 2 aliphatic rings. The van der Waals surface area contributed by atoms with Crippen LogP contribution in [0.5, 0.6) is 11.5 Å². The van der Waals surface area contributed by atoms with E-state index < -0.39 is 0 Å². The van der Waals surface area contributed by atoms with Gasteiger partial charge in [0.25, 0.3) is 0 Å². The molecule has 0 amide bonds. The summed E-state index contributed by atoms with van der Waals surface area (Å²) < 4.78 is 11.2. The average molecular weight is 234 g/mol. The molecule has 1 unspecified atom stereocenters. The van der Waals surface area contributed by atoms with Gasteiger partial charge in [0.2, 0.25) is 0 Å². The van der Waals surface area contributed by atoms with Crippen molar-refractivity contribution in [2.45, 2.75) is 19.9 Å². The molecule has 17 heavy (non-hydrogen) atoms. The Labute approximate surface area is 102 Å². The van der Waals surface area contributed by atoms with Crippen LogP contribution < -0.4 is 19.7 Å². The maximum atomic E-state index is 5.64. The van der Waals surface area contributed by atoms with Gasteiger partial charge in [0.05, 0.1) is 11.4 Å². The Bertz CT molecular complexity index is 434. The second kappa shape index (κ2) is 4.02. The van der Waals surface area contributed by atoms with E-state index >= 15 is 0 Å². The first kappa shape index (κ1) is 10.6. The first-order chi connectivity index (χ1) is 8.29. The predicted octanol–water partition coefficient (Wildman–Crippen LogP) is 2.10. The summed E-state index contributed by atoms with van der Waals surface area (Å²) >= 11 is 0. The second-order valence-corrected chi connectivity index (χ2v) is 4.53. The predicted molar refractivity (Wildman–Crippen MR) is 68.4 cm³/mol. The number of rotatable bonds is 1. The fraction of sp³-hybridized carbons (Fsp3) is 0.538. The van der Waals surface area contributed by atoms with E-state index in [1.807, 2.05) is 0 Å². The van der Waals surface area contributed by atoms with Crippen LogP contribution in [0.15, 0.2) is 12.1 Å². The number of hydrogen-bond donors (Lipinski definition) is 1. The quantitative estimate of drug-likeness (QED) is 0.807. The first-order valence-corrected chi connectivity index (χ1v) is 6.23. The second-order valence-electron chi connectivity index (χ2n) is 4.53. The highest BCUT2D eigenvalue weighted by Crippen LogP contribution is 2.42. The van der Waals surface area contributed by atoms with E-state index in [9.17, 15) is 0 Å². The minimum Gasteiger partial charge on any atom is -0.486 e. The van der Waals surface area contributed by atoms with Crippen molar-refractivity contribution in [2.75, 3.05) is 36.5 Å². The highest BCUT2D eigenvalue weighted by Gasteiger charge is 2.25. The molecule has 0 bridgehead atoms. The molecular formula is C13H18N2O2. The molecule has 0 radical (unpaired) electrons. The van der Waals surface area contributed by atoms with Gasteiger partial charge in [-0.3, -0.25) is 0 Å². The van der Waals surface area contributed by atoms with Gasteiger partial charge in [-0.15, -0.1) is 0 Å². The maximum Gasteiger partial charge on any atom is 0.163 e. The van der Waals surface area contributed by atoms with Crippen molar-refractivity contribution in [1.82, 2.24) is 0 Å². The van der Waals surface area contributed by atoms with E-state index in [-0.39, 0.29) is 0 Å². The zero-order valence-corrected chi connectivity index (χ0v) is 10.3. The van der Waals surface area contributed by atoms with Crippen molar-refractivity contribution in [3.63, 3.8) is 0 Å². The number of ether oxygens (including phenoxy) is 2. The molecule has 0 saturated carbocycles. The van der Waals surface area contributed by atoms with E-state index in [0.29, 0.717) is 19.3 Å². The largest absolute Gasteiger partial charge is 0.486 e. The third kappa shape index (κ3) is 1.68. The van der Waals surface area contributed by atoms with Gasteiger partial charge in [-0.1, -0.05) is 0 Å². The van der Waals surface area contributed by atoms with Crippen molar-refractivity contribution >= 4 is 11.4 Å². The van der Waals surface area contributed by atoms with Crippen molar-refractivity contribution in [3.8, 4) is 11.5 Å². The van der Waals surface area contributed by atoms with Gasteiger partial charge in [-0.05, 0) is 13.8 Å². The molecule has 2 heterocycles. The van der Waals surface area contributed by atoms with E-state index in [1.54, 1.807) is 0 Å². The number of anilines is 2. The smallest absolute Gasteiger partial charge is 0.163 e. The molecule has 1 N–H and O–H groups in total. The van der Waals surface area contributed by atoms with Crippen molar-refractivity contribution in [2.24, 2.45) is 0 Å². The topological polar surface area (TPSA) is 33.7 Å². The number of benzene rings is 1. The fourth-order valence-electron chi connectivity index (χ4n) is 2.54. The van der Waals surface area contributed by atoms with Crippen LogP contribution in [0.4, 0.5) is 11.4 Å². The third-order valence-electron chi connectivity index (χ3n) is 3.43. The van der Waals surface area contributed by atoms with Gasteiger partial charge in [0.15, 0.2) is 11.5 Å². The summed E-state index contributed by atoms with van der Waals surface area (Å²) in [6, 6.07) is 4.66. The highest BCUT2D eigenvalue weighted by molar-refractivity contribution is 5.77. The Morgan fingerprint density at radius 1 is 1.29 bits per heavy atom. The summed E-state index contributed by atoms with van der Waals surface area (Å²) in [6.45, 7) is 7.68. The van der Waals surface area contributed by atoms with Crippen molar-refractivity contribution < 1.29 is 9.47 Å². The molecule has 0 saturated heterocycles. The first-order valence-electron chi connectivity index (χ1n) is 6.23. The van der Waals surface area contributed by atoms with Gasteiger partial charge in [-0.25, -0.2) is 0 Å². The molecule has 2 aliphatic heterocycles. The zero-order chi connectivity index (χ0) is 11.8. The third-order valence-corrected chi connectivity index (χ3v) is 3.43. The molecule has 0 spiro atoms. The van der Waals surface area contributed by atoms with Crippen molar-refractivity contribution in [1.29, 1.82) is 0 Å². The SMILES string of the molecule is CCN1c2cc3c(cc2NCC1C)OCCO3. The minimum atomic E-state index is 0.509. The molecule has 0 fully saturated rings. The zero-order valence-electron chi connectivity index (χ0n) is 10.3. The average Bonchev–Trinajstić information content (AvgIpc) is 2.36. The van der Waals surface area contributed by atoms with Gasteiger partial charge in [-0.2, -0.15) is 0 Å². The fourth-order valence-corrected chi connectivity index (χ4v) is 2.54. The van der Waals surface area contributed by atoms with Gasteiger partial charge < -0.3 is 19.7 Å². The van der Waals surface area contributed by atoms with Gasteiger partial charge >= 0.3 is 0 Å². The Hall–Kier alpha value is -1.58. The highest BCUT2D eigenvalue weighted by atomic mass is 16.6. The molecular weight excluding hydrogens is 216 g/mol. The molecule has 1 atom stereocenters. The molecule has 0 aromatic heterocycles. The molecule has 92 valence electrons. The van der Waals surface area contributed by atoms with Crippen LogP contribution in [-0.2, 0) is 0 Å². The monoisotopic (exact) mass is 234 g/mol. The number of hydrogen-bond acceptors (Lipinski definition) is 4. The van der Waals surface area contributed by atoms with E-state index in [1.165, 1.54) is 5.69 Å². The molecule has 0 aliphatic carbocycles. The molecule has 1 aromatic carbocycles. The van der Waals surface area contributed by atoms with Crippen molar-refractivity contribution in [3.05, 3.63) is 12.1 Å². The summed E-state index contributed by atoms with van der Waals surface area (Å²) in [6.07, 6.45) is 0. The lowest BCUT2D eigenvalue weighted by Gasteiger charge is -2.37. The molecule has 3 rings (SSSR count). The summed E-state index contributed by atoms with van der Waals surface area (Å²) in [5.74, 6) is 1.72. The van der Waals surface area contributed by atoms with E-state index in [4.69, 9.17) is 9.47 Å². The van der Waals surface area contributed by atoms with E-state index in [2.05, 4.69) is 36.2 Å². The summed E-state index contributed by atoms with van der Waals surface area (Å²) in [4.78, 5) is 2.39. The number of fused-ring (bicyclic) bond motifs is 2. The maximum absolute atomic E-state index is 5.64. The Kier molecular flexibility index (Phi) is 2.50. The lowest BCUT2D eigenvalue weighted by atomic mass is 10.1. The van der Waals surface area contributed by atoms with Crippen LogP contribution in [0.2, 0.25) is 0 Å². The molecule has 1 aromatic rings. The Balaban J connectivity index is 2.05. The summed E-state index contributed by atoms with van der Waals surface area (Å²) in [5.41, 5.74) is 2.37. The number of nitrogens with zero attached hydrogens (tertiary/aromatic N) is 1. The lowest BCUT2D eigenvalue weighted by Crippen LogP contribution is -2.42. The van der Waals surface area contributed by atoms with Crippen LogP contribution in [0.25, 0.3) is 0 Å². The number of nitrogens with one attached hydrogen (secondary N) is 1. The standard InChI is InChI=1S/C13H18N2O2/c1-3-15-9(2)8-14-10-6-12-13(7-11(10)15)17-5-4-16-12/h6-7,9,14H,3-5,8H2,1-2H3. The molecule has 4 nitrogen and oxygen atoms in total. The van der Waals surface area contributed by atoms with Gasteiger partial charge in [0, 0.05) is 31.3 Å². The molecule has 4 heteroatoms. The van der Waals surface area contributed by atoms with Gasteiger partial charge in [0.1, 0.15) is 13.2 Å². The number of likely N-dealkylation sites (N-methyl/N-ethyl adjacent to an activating group) is 1.